The zero-order valence-corrected chi connectivity index (χ0v) is 9.97. The highest BCUT2D eigenvalue weighted by molar-refractivity contribution is 6.08. The number of benzene rings is 1. The van der Waals surface area contributed by atoms with Crippen LogP contribution in [0.15, 0.2) is 30.3 Å². The molecular weight excluding hydrogens is 218 g/mol. The van der Waals surface area contributed by atoms with E-state index < -0.39 is 11.4 Å². The summed E-state index contributed by atoms with van der Waals surface area (Å²) < 4.78 is 4.71. The predicted molar refractivity (Wildman–Crippen MR) is 63.8 cm³/mol. The van der Waals surface area contributed by atoms with E-state index >= 15 is 0 Å². The second-order valence-corrected chi connectivity index (χ2v) is 4.44. The third kappa shape index (κ3) is 1.90. The minimum Gasteiger partial charge on any atom is -0.468 e. The lowest BCUT2D eigenvalue weighted by molar-refractivity contribution is -0.154. The molecule has 0 saturated carbocycles. The topological polar surface area (TPSA) is 46.6 Å². The number of methoxy groups -OCH3 is 1. The van der Waals surface area contributed by atoms with E-state index in [1.165, 1.54) is 7.11 Å². The molecular formula is C13H15NO3. The van der Waals surface area contributed by atoms with E-state index in [0.717, 1.165) is 5.69 Å². The predicted octanol–water partition coefficient (Wildman–Crippen LogP) is 1.25. The van der Waals surface area contributed by atoms with Crippen LogP contribution in [-0.4, -0.2) is 32.0 Å². The Bertz CT molecular complexity index is 443. The molecule has 4 nitrogen and oxygen atoms in total. The highest BCUT2D eigenvalue weighted by atomic mass is 16.5. The van der Waals surface area contributed by atoms with Crippen molar-refractivity contribution < 1.29 is 14.3 Å². The molecule has 1 fully saturated rings. The van der Waals surface area contributed by atoms with Gasteiger partial charge < -0.3 is 9.64 Å². The normalized spacial score (nSPS) is 23.9. The van der Waals surface area contributed by atoms with Crippen LogP contribution in [0.5, 0.6) is 0 Å². The summed E-state index contributed by atoms with van der Waals surface area (Å²) in [7, 11) is 1.31. The first-order chi connectivity index (χ1) is 8.08. The summed E-state index contributed by atoms with van der Waals surface area (Å²) in [6.45, 7) is 2.28. The molecule has 1 heterocycles. The van der Waals surface area contributed by atoms with E-state index in [1.54, 1.807) is 6.92 Å². The molecule has 1 saturated heterocycles. The average molecular weight is 233 g/mol. The summed E-state index contributed by atoms with van der Waals surface area (Å²) in [6, 6.07) is 9.59. The fraction of sp³-hybridized carbons (Fsp3) is 0.385. The van der Waals surface area contributed by atoms with Gasteiger partial charge in [-0.3, -0.25) is 9.59 Å². The van der Waals surface area contributed by atoms with Crippen molar-refractivity contribution in [1.82, 2.24) is 0 Å². The largest absolute Gasteiger partial charge is 0.468 e. The minimum absolute atomic E-state index is 0.0896. The maximum atomic E-state index is 11.9. The summed E-state index contributed by atoms with van der Waals surface area (Å²) in [5.41, 5.74) is -0.0848. The lowest BCUT2D eigenvalue weighted by Crippen LogP contribution is -2.37. The monoisotopic (exact) mass is 233 g/mol. The van der Waals surface area contributed by atoms with Crippen LogP contribution in [-0.2, 0) is 14.3 Å². The molecule has 1 aliphatic rings. The van der Waals surface area contributed by atoms with Crippen molar-refractivity contribution in [3.8, 4) is 0 Å². The maximum absolute atomic E-state index is 11.9. The van der Waals surface area contributed by atoms with Gasteiger partial charge in [0.2, 0.25) is 0 Å². The highest BCUT2D eigenvalue weighted by Gasteiger charge is 2.49. The van der Waals surface area contributed by atoms with E-state index in [2.05, 4.69) is 0 Å². The Balaban J connectivity index is 2.23. The second-order valence-electron chi connectivity index (χ2n) is 4.44. The maximum Gasteiger partial charge on any atom is 0.320 e. The van der Waals surface area contributed by atoms with Gasteiger partial charge in [0.25, 0.3) is 0 Å². The fourth-order valence-corrected chi connectivity index (χ4v) is 2.10. The number of hydrogen-bond donors (Lipinski definition) is 0. The van der Waals surface area contributed by atoms with Crippen LogP contribution in [0.25, 0.3) is 0 Å². The van der Waals surface area contributed by atoms with E-state index in [4.69, 9.17) is 4.74 Å². The number of carbonyl (C=O) groups excluding carboxylic acids is 2. The number of esters is 1. The number of carbonyl (C=O) groups is 2. The molecule has 0 amide bonds. The number of hydrogen-bond acceptors (Lipinski definition) is 4. The third-order valence-corrected chi connectivity index (χ3v) is 3.21. The number of Topliss-reactive ketones (excluding diaryl/α,β-unsaturated/α-hetero) is 1. The number of nitrogens with zero attached hydrogens (tertiary/aromatic N) is 1. The zero-order valence-electron chi connectivity index (χ0n) is 9.97. The van der Waals surface area contributed by atoms with Crippen LogP contribution in [0, 0.1) is 5.41 Å². The van der Waals surface area contributed by atoms with Crippen molar-refractivity contribution in [3.05, 3.63) is 30.3 Å². The van der Waals surface area contributed by atoms with Crippen LogP contribution in [0.1, 0.15) is 6.92 Å². The van der Waals surface area contributed by atoms with Gasteiger partial charge in [-0.25, -0.2) is 0 Å². The SMILES string of the molecule is COC(=O)[C@]1(C)CN(c2ccccc2)CC1=O. The molecule has 0 spiro atoms. The van der Waals surface area contributed by atoms with E-state index in [-0.39, 0.29) is 12.3 Å². The Morgan fingerprint density at radius 3 is 2.59 bits per heavy atom. The van der Waals surface area contributed by atoms with Crippen molar-refractivity contribution in [2.75, 3.05) is 25.1 Å². The first kappa shape index (κ1) is 11.6. The van der Waals surface area contributed by atoms with Gasteiger partial charge in [0, 0.05) is 12.2 Å². The molecule has 0 bridgehead atoms. The number of anilines is 1. The standard InChI is InChI=1S/C13H15NO3/c1-13(12(16)17-2)9-14(8-11(13)15)10-6-4-3-5-7-10/h3-7H,8-9H2,1-2H3/t13-/m1/s1. The Kier molecular flexibility index (Phi) is 2.88. The Morgan fingerprint density at radius 1 is 1.35 bits per heavy atom. The molecule has 1 aliphatic heterocycles. The smallest absolute Gasteiger partial charge is 0.320 e. The van der Waals surface area contributed by atoms with Gasteiger partial charge in [0.15, 0.2) is 5.78 Å². The number of rotatable bonds is 2. The molecule has 0 N–H and O–H groups in total. The van der Waals surface area contributed by atoms with Gasteiger partial charge in [-0.1, -0.05) is 18.2 Å². The van der Waals surface area contributed by atoms with Crippen molar-refractivity contribution in [3.63, 3.8) is 0 Å². The van der Waals surface area contributed by atoms with Gasteiger partial charge in [-0.2, -0.15) is 0 Å². The van der Waals surface area contributed by atoms with Crippen molar-refractivity contribution >= 4 is 17.4 Å². The second kappa shape index (κ2) is 4.20. The molecule has 0 aromatic heterocycles. The summed E-state index contributed by atoms with van der Waals surface area (Å²) in [6.07, 6.45) is 0. The number of ketones is 1. The van der Waals surface area contributed by atoms with Crippen LogP contribution in [0.4, 0.5) is 5.69 Å². The zero-order chi connectivity index (χ0) is 12.5. The highest BCUT2D eigenvalue weighted by Crippen LogP contribution is 2.31. The average Bonchev–Trinajstić information content (AvgIpc) is 2.67. The number of ether oxygens (including phenoxy) is 1. The van der Waals surface area contributed by atoms with E-state index in [1.807, 2.05) is 35.2 Å². The molecule has 17 heavy (non-hydrogen) atoms. The molecule has 90 valence electrons. The molecule has 0 unspecified atom stereocenters. The van der Waals surface area contributed by atoms with E-state index in [9.17, 15) is 9.59 Å². The molecule has 0 aliphatic carbocycles. The first-order valence-electron chi connectivity index (χ1n) is 5.49. The third-order valence-electron chi connectivity index (χ3n) is 3.21. The Labute approximate surface area is 100 Å². The molecule has 2 rings (SSSR count). The summed E-state index contributed by atoms with van der Waals surface area (Å²) >= 11 is 0. The minimum atomic E-state index is -1.04. The van der Waals surface area contributed by atoms with Crippen molar-refractivity contribution in [2.24, 2.45) is 5.41 Å². The fourth-order valence-electron chi connectivity index (χ4n) is 2.10. The molecule has 1 atom stereocenters. The summed E-state index contributed by atoms with van der Waals surface area (Å²) in [5, 5.41) is 0. The first-order valence-corrected chi connectivity index (χ1v) is 5.49. The van der Waals surface area contributed by atoms with Gasteiger partial charge in [0.05, 0.1) is 13.7 Å². The lowest BCUT2D eigenvalue weighted by Gasteiger charge is -2.21. The quantitative estimate of drug-likeness (QED) is 0.570. The van der Waals surface area contributed by atoms with Gasteiger partial charge in [-0.05, 0) is 19.1 Å². The van der Waals surface area contributed by atoms with Crippen LogP contribution < -0.4 is 4.90 Å². The molecule has 4 heteroatoms. The van der Waals surface area contributed by atoms with Gasteiger partial charge in [-0.15, -0.1) is 0 Å². The lowest BCUT2D eigenvalue weighted by atomic mass is 9.89. The molecule has 1 aromatic carbocycles. The summed E-state index contributed by atoms with van der Waals surface area (Å²) in [5.74, 6) is -0.547. The van der Waals surface area contributed by atoms with Gasteiger partial charge in [0.1, 0.15) is 5.41 Å². The Morgan fingerprint density at radius 2 is 2.00 bits per heavy atom. The van der Waals surface area contributed by atoms with Crippen LogP contribution in [0.3, 0.4) is 0 Å². The van der Waals surface area contributed by atoms with Crippen molar-refractivity contribution in [2.45, 2.75) is 6.92 Å². The molecule has 1 aromatic rings. The van der Waals surface area contributed by atoms with E-state index in [0.29, 0.717) is 6.54 Å². The molecule has 0 radical (unpaired) electrons. The van der Waals surface area contributed by atoms with Gasteiger partial charge >= 0.3 is 5.97 Å². The number of para-hydroxylation sites is 1. The van der Waals surface area contributed by atoms with Crippen LogP contribution >= 0.6 is 0 Å². The van der Waals surface area contributed by atoms with Crippen molar-refractivity contribution in [1.29, 1.82) is 0 Å². The van der Waals surface area contributed by atoms with Crippen LogP contribution in [0.2, 0.25) is 0 Å². The Hall–Kier alpha value is -1.84. The summed E-state index contributed by atoms with van der Waals surface area (Å²) in [4.78, 5) is 25.5.